The Labute approximate surface area is 105 Å². The van der Waals surface area contributed by atoms with Crippen molar-refractivity contribution in [2.24, 2.45) is 0 Å². The van der Waals surface area contributed by atoms with Crippen molar-refractivity contribution in [1.29, 1.82) is 0 Å². The van der Waals surface area contributed by atoms with Crippen LogP contribution in [0.25, 0.3) is 0 Å². The number of esters is 1. The molecule has 0 aromatic heterocycles. The van der Waals surface area contributed by atoms with Crippen molar-refractivity contribution in [2.45, 2.75) is 51.6 Å². The van der Waals surface area contributed by atoms with Gasteiger partial charge in [0.15, 0.2) is 0 Å². The second kappa shape index (κ2) is 6.36. The Hall–Kier alpha value is -0.610. The minimum absolute atomic E-state index is 0.0846. The van der Waals surface area contributed by atoms with E-state index >= 15 is 0 Å². The van der Waals surface area contributed by atoms with E-state index in [9.17, 15) is 4.79 Å². The van der Waals surface area contributed by atoms with Crippen LogP contribution in [-0.4, -0.2) is 49.2 Å². The van der Waals surface area contributed by atoms with Crippen LogP contribution in [0, 0.1) is 0 Å². The summed E-state index contributed by atoms with van der Waals surface area (Å²) in [6.07, 6.45) is 2.58. The second-order valence-corrected chi connectivity index (χ2v) is 5.16. The summed E-state index contributed by atoms with van der Waals surface area (Å²) in [5.74, 6) is -0.0846. The van der Waals surface area contributed by atoms with Crippen LogP contribution in [0.3, 0.4) is 0 Å². The monoisotopic (exact) mass is 242 g/mol. The summed E-state index contributed by atoms with van der Waals surface area (Å²) in [6, 6.07) is 0.522. The molecule has 0 spiro atoms. The minimum atomic E-state index is -0.0869. The number of nitrogens with one attached hydrogen (secondary N) is 1. The quantitative estimate of drug-likeness (QED) is 0.715. The fourth-order valence-electron chi connectivity index (χ4n) is 2.62. The predicted molar refractivity (Wildman–Crippen MR) is 69.0 cm³/mol. The topological polar surface area (TPSA) is 41.6 Å². The molecule has 0 aromatic rings. The molecule has 100 valence electrons. The molecule has 4 nitrogen and oxygen atoms in total. The molecule has 0 bridgehead atoms. The first-order valence-corrected chi connectivity index (χ1v) is 6.64. The molecule has 1 aliphatic rings. The number of carbonyl (C=O) groups excluding carboxylic acids is 1. The molecule has 1 aliphatic heterocycles. The van der Waals surface area contributed by atoms with Crippen molar-refractivity contribution in [3.05, 3.63) is 0 Å². The first-order valence-electron chi connectivity index (χ1n) is 6.64. The van der Waals surface area contributed by atoms with Crippen molar-refractivity contribution < 1.29 is 9.53 Å². The molecule has 1 N–H and O–H groups in total. The molecule has 17 heavy (non-hydrogen) atoms. The first-order chi connectivity index (χ1) is 8.03. The summed E-state index contributed by atoms with van der Waals surface area (Å²) in [6.45, 7) is 8.56. The lowest BCUT2D eigenvalue weighted by Crippen LogP contribution is -2.49. The standard InChI is InChI=1S/C13H26N2O2/c1-5-7-14-13(9-12(16)17-6-2)8-11(3)15(4)10-13/h11,14H,5-10H2,1-4H3. The van der Waals surface area contributed by atoms with Gasteiger partial charge in [0.2, 0.25) is 0 Å². The predicted octanol–water partition coefficient (Wildman–Crippen LogP) is 1.40. The molecule has 0 aliphatic carbocycles. The van der Waals surface area contributed by atoms with Gasteiger partial charge in [-0.25, -0.2) is 0 Å². The highest BCUT2D eigenvalue weighted by atomic mass is 16.5. The Kier molecular flexibility index (Phi) is 5.40. The number of nitrogens with zero attached hydrogens (tertiary/aromatic N) is 1. The van der Waals surface area contributed by atoms with E-state index in [1.807, 2.05) is 6.92 Å². The largest absolute Gasteiger partial charge is 0.466 e. The van der Waals surface area contributed by atoms with Gasteiger partial charge in [0.25, 0.3) is 0 Å². The zero-order chi connectivity index (χ0) is 12.9. The third-order valence-corrected chi connectivity index (χ3v) is 3.53. The average Bonchev–Trinajstić information content (AvgIpc) is 2.52. The summed E-state index contributed by atoms with van der Waals surface area (Å²) in [5, 5.41) is 3.55. The molecule has 1 saturated heterocycles. The van der Waals surface area contributed by atoms with Gasteiger partial charge in [0.1, 0.15) is 0 Å². The number of hydrogen-bond donors (Lipinski definition) is 1. The SMILES string of the molecule is CCCNC1(CC(=O)OCC)CC(C)N(C)C1. The van der Waals surface area contributed by atoms with Crippen molar-refractivity contribution in [2.75, 3.05) is 26.7 Å². The molecule has 1 fully saturated rings. The van der Waals surface area contributed by atoms with Gasteiger partial charge in [-0.3, -0.25) is 4.79 Å². The van der Waals surface area contributed by atoms with Crippen LogP contribution in [0.15, 0.2) is 0 Å². The van der Waals surface area contributed by atoms with Crippen LogP contribution in [0.1, 0.15) is 40.0 Å². The highest BCUT2D eigenvalue weighted by Gasteiger charge is 2.41. The molecule has 2 unspecified atom stereocenters. The van der Waals surface area contributed by atoms with E-state index in [0.717, 1.165) is 25.9 Å². The van der Waals surface area contributed by atoms with E-state index in [-0.39, 0.29) is 11.5 Å². The Bertz CT molecular complexity index is 246. The summed E-state index contributed by atoms with van der Waals surface area (Å²) >= 11 is 0. The minimum Gasteiger partial charge on any atom is -0.466 e. The number of likely N-dealkylation sites (N-methyl/N-ethyl adjacent to an activating group) is 1. The summed E-state index contributed by atoms with van der Waals surface area (Å²) in [5.41, 5.74) is -0.0869. The number of ether oxygens (including phenoxy) is 1. The Balaban J connectivity index is 2.63. The fraction of sp³-hybridized carbons (Fsp3) is 0.923. The molecule has 0 radical (unpaired) electrons. The lowest BCUT2D eigenvalue weighted by molar-refractivity contribution is -0.144. The van der Waals surface area contributed by atoms with E-state index in [1.165, 1.54) is 0 Å². The van der Waals surface area contributed by atoms with E-state index in [2.05, 4.69) is 31.1 Å². The second-order valence-electron chi connectivity index (χ2n) is 5.16. The third-order valence-electron chi connectivity index (χ3n) is 3.53. The zero-order valence-corrected chi connectivity index (χ0v) is 11.6. The van der Waals surface area contributed by atoms with Gasteiger partial charge in [-0.2, -0.15) is 0 Å². The number of hydrogen-bond acceptors (Lipinski definition) is 4. The van der Waals surface area contributed by atoms with E-state index in [0.29, 0.717) is 19.1 Å². The van der Waals surface area contributed by atoms with Crippen molar-refractivity contribution in [3.8, 4) is 0 Å². The maximum Gasteiger partial charge on any atom is 0.307 e. The molecule has 4 heteroatoms. The molecule has 0 amide bonds. The maximum atomic E-state index is 11.7. The van der Waals surface area contributed by atoms with Gasteiger partial charge in [-0.15, -0.1) is 0 Å². The van der Waals surface area contributed by atoms with Crippen LogP contribution in [0.5, 0.6) is 0 Å². The smallest absolute Gasteiger partial charge is 0.307 e. The number of likely N-dealkylation sites (tertiary alicyclic amines) is 1. The van der Waals surface area contributed by atoms with Crippen molar-refractivity contribution in [1.82, 2.24) is 10.2 Å². The lowest BCUT2D eigenvalue weighted by atomic mass is 9.92. The van der Waals surface area contributed by atoms with Gasteiger partial charge in [0, 0.05) is 18.1 Å². The molecule has 1 rings (SSSR count). The highest BCUT2D eigenvalue weighted by molar-refractivity contribution is 5.71. The Morgan fingerprint density at radius 2 is 2.24 bits per heavy atom. The normalized spacial score (nSPS) is 29.5. The third kappa shape index (κ3) is 3.96. The van der Waals surface area contributed by atoms with Crippen LogP contribution in [0.4, 0.5) is 0 Å². The van der Waals surface area contributed by atoms with E-state index < -0.39 is 0 Å². The average molecular weight is 242 g/mol. The molecule has 0 aromatic carbocycles. The van der Waals surface area contributed by atoms with Crippen LogP contribution in [-0.2, 0) is 9.53 Å². The highest BCUT2D eigenvalue weighted by Crippen LogP contribution is 2.29. The molecule has 0 saturated carbocycles. The van der Waals surface area contributed by atoms with Crippen LogP contribution >= 0.6 is 0 Å². The molecule has 1 heterocycles. The van der Waals surface area contributed by atoms with Gasteiger partial charge >= 0.3 is 5.97 Å². The Morgan fingerprint density at radius 3 is 2.71 bits per heavy atom. The summed E-state index contributed by atoms with van der Waals surface area (Å²) in [4.78, 5) is 14.0. The van der Waals surface area contributed by atoms with Gasteiger partial charge in [-0.1, -0.05) is 6.92 Å². The van der Waals surface area contributed by atoms with Gasteiger partial charge < -0.3 is 15.0 Å². The number of carbonyl (C=O) groups is 1. The van der Waals surface area contributed by atoms with Crippen LogP contribution in [0.2, 0.25) is 0 Å². The van der Waals surface area contributed by atoms with Gasteiger partial charge in [0.05, 0.1) is 13.0 Å². The molecular weight excluding hydrogens is 216 g/mol. The summed E-state index contributed by atoms with van der Waals surface area (Å²) < 4.78 is 5.08. The Morgan fingerprint density at radius 1 is 1.53 bits per heavy atom. The molecular formula is C13H26N2O2. The number of rotatable bonds is 6. The van der Waals surface area contributed by atoms with E-state index in [1.54, 1.807) is 0 Å². The summed E-state index contributed by atoms with van der Waals surface area (Å²) in [7, 11) is 2.12. The maximum absolute atomic E-state index is 11.7. The van der Waals surface area contributed by atoms with Crippen molar-refractivity contribution >= 4 is 5.97 Å². The lowest BCUT2D eigenvalue weighted by Gasteiger charge is -2.29. The molecule has 2 atom stereocenters. The zero-order valence-electron chi connectivity index (χ0n) is 11.6. The first kappa shape index (κ1) is 14.5. The van der Waals surface area contributed by atoms with Crippen LogP contribution < -0.4 is 5.32 Å². The fourth-order valence-corrected chi connectivity index (χ4v) is 2.62. The van der Waals surface area contributed by atoms with Crippen molar-refractivity contribution in [3.63, 3.8) is 0 Å². The van der Waals surface area contributed by atoms with E-state index in [4.69, 9.17) is 4.74 Å². The van der Waals surface area contributed by atoms with Gasteiger partial charge in [-0.05, 0) is 40.3 Å².